The third-order valence-electron chi connectivity index (χ3n) is 5.49. The number of phenols is 1. The van der Waals surface area contributed by atoms with Crippen LogP contribution in [0.5, 0.6) is 17.2 Å². The third kappa shape index (κ3) is 5.76. The van der Waals surface area contributed by atoms with E-state index in [9.17, 15) is 14.7 Å². The standard InChI is InChI=1S/C28H32N2O4/c1-27(2,3)18-10-15-24(22(16-18)28(4,5)6)34-20-13-11-19(12-14-20)30-26(33)21-8-7-9-23(25(21)32)29-17-31/h7-17,32H,1-6H3,(H,29,31)(H,30,33). The molecule has 178 valence electrons. The number of carbonyl (C=O) groups excluding carboxylic acids is 2. The Bertz CT molecular complexity index is 1190. The highest BCUT2D eigenvalue weighted by atomic mass is 16.5. The van der Waals surface area contributed by atoms with Crippen molar-refractivity contribution in [3.63, 3.8) is 0 Å². The van der Waals surface area contributed by atoms with Crippen LogP contribution in [0.4, 0.5) is 11.4 Å². The van der Waals surface area contributed by atoms with E-state index in [1.807, 2.05) is 6.07 Å². The van der Waals surface area contributed by atoms with Gasteiger partial charge in [0, 0.05) is 11.3 Å². The molecule has 0 bridgehead atoms. The molecule has 0 aromatic heterocycles. The first-order valence-electron chi connectivity index (χ1n) is 11.2. The van der Waals surface area contributed by atoms with E-state index in [0.717, 1.165) is 11.3 Å². The molecule has 0 unspecified atom stereocenters. The minimum absolute atomic E-state index is 0.0373. The maximum atomic E-state index is 12.6. The number of nitrogens with one attached hydrogen (secondary N) is 2. The minimum atomic E-state index is -0.492. The maximum absolute atomic E-state index is 12.6. The molecule has 0 aliphatic heterocycles. The molecule has 34 heavy (non-hydrogen) atoms. The smallest absolute Gasteiger partial charge is 0.259 e. The van der Waals surface area contributed by atoms with Gasteiger partial charge in [0.1, 0.15) is 11.5 Å². The number of anilines is 2. The highest BCUT2D eigenvalue weighted by Gasteiger charge is 2.23. The van der Waals surface area contributed by atoms with E-state index in [4.69, 9.17) is 4.74 Å². The summed E-state index contributed by atoms with van der Waals surface area (Å²) in [7, 11) is 0. The Morgan fingerprint density at radius 2 is 1.59 bits per heavy atom. The van der Waals surface area contributed by atoms with Gasteiger partial charge in [-0.1, -0.05) is 59.7 Å². The van der Waals surface area contributed by atoms with Crippen molar-refractivity contribution in [3.05, 3.63) is 77.4 Å². The molecule has 0 fully saturated rings. The highest BCUT2D eigenvalue weighted by Crippen LogP contribution is 2.37. The Morgan fingerprint density at radius 3 is 2.18 bits per heavy atom. The van der Waals surface area contributed by atoms with E-state index >= 15 is 0 Å². The molecule has 2 amide bonds. The Morgan fingerprint density at radius 1 is 0.912 bits per heavy atom. The molecular formula is C28H32N2O4. The molecule has 0 saturated carbocycles. The molecule has 0 radical (unpaired) electrons. The molecule has 3 aromatic carbocycles. The lowest BCUT2D eigenvalue weighted by atomic mass is 9.80. The number of hydrogen-bond donors (Lipinski definition) is 3. The Hall–Kier alpha value is -3.80. The van der Waals surface area contributed by atoms with Crippen LogP contribution in [0, 0.1) is 0 Å². The monoisotopic (exact) mass is 460 g/mol. The van der Waals surface area contributed by atoms with Crippen molar-refractivity contribution in [2.75, 3.05) is 10.6 Å². The number of amides is 2. The molecule has 3 rings (SSSR count). The first-order valence-corrected chi connectivity index (χ1v) is 11.2. The predicted octanol–water partition coefficient (Wildman–Crippen LogP) is 6.60. The number of ether oxygens (including phenoxy) is 1. The molecule has 0 aliphatic rings. The van der Waals surface area contributed by atoms with Crippen LogP contribution in [-0.2, 0) is 15.6 Å². The van der Waals surface area contributed by atoms with Crippen LogP contribution in [-0.4, -0.2) is 17.4 Å². The van der Waals surface area contributed by atoms with Gasteiger partial charge < -0.3 is 20.5 Å². The lowest BCUT2D eigenvalue weighted by molar-refractivity contribution is -0.105. The van der Waals surface area contributed by atoms with Crippen molar-refractivity contribution in [1.82, 2.24) is 0 Å². The maximum Gasteiger partial charge on any atom is 0.259 e. The zero-order valence-electron chi connectivity index (χ0n) is 20.5. The predicted molar refractivity (Wildman–Crippen MR) is 136 cm³/mol. The van der Waals surface area contributed by atoms with Gasteiger partial charge in [-0.05, 0) is 58.9 Å². The number of phenolic OH excluding ortho intramolecular Hbond substituents is 1. The summed E-state index contributed by atoms with van der Waals surface area (Å²) < 4.78 is 6.22. The van der Waals surface area contributed by atoms with Crippen LogP contribution in [0.1, 0.15) is 63.0 Å². The Balaban J connectivity index is 1.79. The van der Waals surface area contributed by atoms with Crippen molar-refractivity contribution >= 4 is 23.7 Å². The lowest BCUT2D eigenvalue weighted by Gasteiger charge is -2.27. The SMILES string of the molecule is CC(C)(C)c1ccc(Oc2ccc(NC(=O)c3cccc(NC=O)c3O)cc2)c(C(C)(C)C)c1. The molecule has 3 aromatic rings. The van der Waals surface area contributed by atoms with E-state index in [2.05, 4.69) is 64.3 Å². The number of benzene rings is 3. The van der Waals surface area contributed by atoms with Gasteiger partial charge in [0.25, 0.3) is 5.91 Å². The van der Waals surface area contributed by atoms with Gasteiger partial charge in [0.05, 0.1) is 11.3 Å². The summed E-state index contributed by atoms with van der Waals surface area (Å²) >= 11 is 0. The fraction of sp³-hybridized carbons (Fsp3) is 0.286. The number of aromatic hydroxyl groups is 1. The van der Waals surface area contributed by atoms with Crippen molar-refractivity contribution in [1.29, 1.82) is 0 Å². The van der Waals surface area contributed by atoms with E-state index in [-0.39, 0.29) is 27.8 Å². The molecule has 0 saturated heterocycles. The van der Waals surface area contributed by atoms with Gasteiger partial charge in [-0.25, -0.2) is 0 Å². The topological polar surface area (TPSA) is 87.7 Å². The Labute approximate surface area is 201 Å². The van der Waals surface area contributed by atoms with Crippen LogP contribution < -0.4 is 15.4 Å². The van der Waals surface area contributed by atoms with Gasteiger partial charge in [-0.15, -0.1) is 0 Å². The van der Waals surface area contributed by atoms with Crippen LogP contribution in [0.25, 0.3) is 0 Å². The summed E-state index contributed by atoms with van der Waals surface area (Å²) in [6.07, 6.45) is 0.442. The molecular weight excluding hydrogens is 428 g/mol. The molecule has 0 atom stereocenters. The van der Waals surface area contributed by atoms with Crippen LogP contribution in [0.15, 0.2) is 60.7 Å². The number of hydrogen-bond acceptors (Lipinski definition) is 4. The van der Waals surface area contributed by atoms with Crippen molar-refractivity contribution in [2.45, 2.75) is 52.4 Å². The first-order chi connectivity index (χ1) is 15.9. The molecule has 6 nitrogen and oxygen atoms in total. The third-order valence-corrected chi connectivity index (χ3v) is 5.49. The molecule has 0 aliphatic carbocycles. The summed E-state index contributed by atoms with van der Waals surface area (Å²) in [6, 6.07) is 17.9. The Kier molecular flexibility index (Phi) is 7.01. The van der Waals surface area contributed by atoms with Crippen LogP contribution in [0.3, 0.4) is 0 Å². The average Bonchev–Trinajstić information content (AvgIpc) is 2.75. The fourth-order valence-corrected chi connectivity index (χ4v) is 3.51. The van der Waals surface area contributed by atoms with E-state index < -0.39 is 5.91 Å². The average molecular weight is 461 g/mol. The summed E-state index contributed by atoms with van der Waals surface area (Å²) in [4.78, 5) is 23.3. The van der Waals surface area contributed by atoms with E-state index in [1.54, 1.807) is 30.3 Å². The summed E-state index contributed by atoms with van der Waals surface area (Å²) in [5, 5.41) is 15.3. The van der Waals surface area contributed by atoms with Gasteiger partial charge >= 0.3 is 0 Å². The second-order valence-electron chi connectivity index (χ2n) is 10.3. The number of carbonyl (C=O) groups is 2. The van der Waals surface area contributed by atoms with Gasteiger partial charge in [-0.2, -0.15) is 0 Å². The summed E-state index contributed by atoms with van der Waals surface area (Å²) in [6.45, 7) is 13.1. The largest absolute Gasteiger partial charge is 0.505 e. The fourth-order valence-electron chi connectivity index (χ4n) is 3.51. The zero-order valence-corrected chi connectivity index (χ0v) is 20.5. The number of para-hydroxylation sites is 1. The lowest BCUT2D eigenvalue weighted by Crippen LogP contribution is -2.17. The minimum Gasteiger partial charge on any atom is -0.505 e. The van der Waals surface area contributed by atoms with Gasteiger partial charge in [0.15, 0.2) is 5.75 Å². The number of rotatable bonds is 6. The first kappa shape index (κ1) is 24.8. The summed E-state index contributed by atoms with van der Waals surface area (Å²) in [5.41, 5.74) is 3.08. The highest BCUT2D eigenvalue weighted by molar-refractivity contribution is 6.07. The summed E-state index contributed by atoms with van der Waals surface area (Å²) in [5.74, 6) is 0.655. The molecule has 6 heteroatoms. The van der Waals surface area contributed by atoms with Gasteiger partial charge in [-0.3, -0.25) is 9.59 Å². The molecule has 0 heterocycles. The normalized spacial score (nSPS) is 11.6. The van der Waals surface area contributed by atoms with E-state index in [0.29, 0.717) is 17.8 Å². The quantitative estimate of drug-likeness (QED) is 0.286. The second-order valence-corrected chi connectivity index (χ2v) is 10.3. The van der Waals surface area contributed by atoms with Crippen molar-refractivity contribution in [2.24, 2.45) is 0 Å². The van der Waals surface area contributed by atoms with Gasteiger partial charge in [0.2, 0.25) is 6.41 Å². The van der Waals surface area contributed by atoms with E-state index in [1.165, 1.54) is 17.7 Å². The molecule has 3 N–H and O–H groups in total. The van der Waals surface area contributed by atoms with Crippen LogP contribution in [0.2, 0.25) is 0 Å². The molecule has 0 spiro atoms. The van der Waals surface area contributed by atoms with Crippen molar-refractivity contribution in [3.8, 4) is 17.2 Å². The van der Waals surface area contributed by atoms with Crippen molar-refractivity contribution < 1.29 is 19.4 Å². The zero-order chi connectivity index (χ0) is 25.1. The second kappa shape index (κ2) is 9.59. The van der Waals surface area contributed by atoms with Crippen LogP contribution >= 0.6 is 0 Å².